The first kappa shape index (κ1) is 17.2. The van der Waals surface area contributed by atoms with E-state index in [-0.39, 0.29) is 11.8 Å². The van der Waals surface area contributed by atoms with E-state index in [0.29, 0.717) is 6.54 Å². The van der Waals surface area contributed by atoms with Gasteiger partial charge in [-0.05, 0) is 30.9 Å². The Hall–Kier alpha value is -2.13. The van der Waals surface area contributed by atoms with Crippen LogP contribution in [0, 0.1) is 12.8 Å². The highest BCUT2D eigenvalue weighted by molar-refractivity contribution is 5.80. The topological polar surface area (TPSA) is 46.3 Å². The van der Waals surface area contributed by atoms with E-state index in [4.69, 9.17) is 5.73 Å². The quantitative estimate of drug-likeness (QED) is 0.946. The number of nitrogens with zero attached hydrogens (tertiary/aromatic N) is 1. The molecule has 3 nitrogen and oxygen atoms in total. The number of carbonyl (C=O) groups excluding carboxylic acids is 1. The summed E-state index contributed by atoms with van der Waals surface area (Å²) in [6.07, 6.45) is 1.82. The van der Waals surface area contributed by atoms with Gasteiger partial charge in [0.25, 0.3) is 0 Å². The highest BCUT2D eigenvalue weighted by Crippen LogP contribution is 2.21. The van der Waals surface area contributed by atoms with Gasteiger partial charge in [-0.2, -0.15) is 0 Å². The van der Waals surface area contributed by atoms with Crippen LogP contribution in [0.3, 0.4) is 0 Å². The predicted octanol–water partition coefficient (Wildman–Crippen LogP) is 3.16. The molecule has 3 rings (SSSR count). The van der Waals surface area contributed by atoms with Gasteiger partial charge >= 0.3 is 0 Å². The molecule has 0 saturated carbocycles. The number of hydrogen-bond donors (Lipinski definition) is 1. The molecule has 0 aromatic heterocycles. The lowest BCUT2D eigenvalue weighted by Gasteiger charge is -2.10. The fourth-order valence-corrected chi connectivity index (χ4v) is 2.79. The molecule has 0 aliphatic carbocycles. The predicted molar refractivity (Wildman–Crippen MR) is 95.0 cm³/mol. The Morgan fingerprint density at radius 2 is 1.78 bits per heavy atom. The van der Waals surface area contributed by atoms with E-state index in [1.165, 1.54) is 11.1 Å². The van der Waals surface area contributed by atoms with Gasteiger partial charge in [-0.15, -0.1) is 0 Å². The molecule has 2 N–H and O–H groups in total. The largest absolute Gasteiger partial charge is 0.345 e. The molecule has 2 aromatic rings. The monoisotopic (exact) mass is 310 g/mol. The van der Waals surface area contributed by atoms with Crippen molar-refractivity contribution in [3.8, 4) is 0 Å². The van der Waals surface area contributed by atoms with Crippen LogP contribution in [0.4, 0.5) is 0 Å². The first-order valence-electron chi connectivity index (χ1n) is 8.14. The van der Waals surface area contributed by atoms with Crippen LogP contribution in [-0.2, 0) is 17.8 Å². The SMILES string of the molecule is CN1CCC(Cc2cccc(CN)c2)C1=O.Cc1ccccc1. The molecule has 1 amide bonds. The Balaban J connectivity index is 0.000000229. The van der Waals surface area contributed by atoms with Crippen LogP contribution in [0.15, 0.2) is 54.6 Å². The molecule has 23 heavy (non-hydrogen) atoms. The summed E-state index contributed by atoms with van der Waals surface area (Å²) in [4.78, 5) is 13.6. The third-order valence-electron chi connectivity index (χ3n) is 4.19. The van der Waals surface area contributed by atoms with Crippen molar-refractivity contribution in [1.29, 1.82) is 0 Å². The zero-order valence-electron chi connectivity index (χ0n) is 14.0. The van der Waals surface area contributed by atoms with Gasteiger partial charge in [-0.3, -0.25) is 4.79 Å². The normalized spacial score (nSPS) is 16.9. The second-order valence-corrected chi connectivity index (χ2v) is 6.13. The standard InChI is InChI=1S/C13H18N2O.C7H8/c1-15-6-5-12(13(15)16)8-10-3-2-4-11(7-10)9-14;1-7-5-3-2-4-6-7/h2-4,7,12H,5-6,8-9,14H2,1H3;2-6H,1H3. The number of benzene rings is 2. The summed E-state index contributed by atoms with van der Waals surface area (Å²) in [5, 5.41) is 0. The lowest BCUT2D eigenvalue weighted by atomic mass is 9.97. The number of carbonyl (C=O) groups is 1. The van der Waals surface area contributed by atoms with Crippen molar-refractivity contribution >= 4 is 5.91 Å². The van der Waals surface area contributed by atoms with Crippen LogP contribution in [0.2, 0.25) is 0 Å². The van der Waals surface area contributed by atoms with Crippen LogP contribution < -0.4 is 5.73 Å². The Morgan fingerprint density at radius 1 is 1.09 bits per heavy atom. The number of nitrogens with two attached hydrogens (primary N) is 1. The van der Waals surface area contributed by atoms with E-state index in [9.17, 15) is 4.79 Å². The molecular weight excluding hydrogens is 284 g/mol. The van der Waals surface area contributed by atoms with Crippen LogP contribution in [0.1, 0.15) is 23.1 Å². The van der Waals surface area contributed by atoms with E-state index < -0.39 is 0 Å². The fraction of sp³-hybridized carbons (Fsp3) is 0.350. The summed E-state index contributed by atoms with van der Waals surface area (Å²) < 4.78 is 0. The molecule has 1 saturated heterocycles. The molecule has 1 atom stereocenters. The molecule has 122 valence electrons. The number of hydrogen-bond acceptors (Lipinski definition) is 2. The van der Waals surface area contributed by atoms with Gasteiger partial charge in [0.05, 0.1) is 0 Å². The molecule has 0 spiro atoms. The van der Waals surface area contributed by atoms with Gasteiger partial charge in [0, 0.05) is 26.1 Å². The fourth-order valence-electron chi connectivity index (χ4n) is 2.79. The lowest BCUT2D eigenvalue weighted by Crippen LogP contribution is -2.23. The van der Waals surface area contributed by atoms with Gasteiger partial charge in [-0.1, -0.05) is 60.2 Å². The average molecular weight is 310 g/mol. The maximum Gasteiger partial charge on any atom is 0.225 e. The third-order valence-corrected chi connectivity index (χ3v) is 4.19. The van der Waals surface area contributed by atoms with Crippen LogP contribution in [0.25, 0.3) is 0 Å². The molecule has 2 aromatic carbocycles. The van der Waals surface area contributed by atoms with Crippen molar-refractivity contribution < 1.29 is 4.79 Å². The van der Waals surface area contributed by atoms with Crippen LogP contribution in [0.5, 0.6) is 0 Å². The average Bonchev–Trinajstić information content (AvgIpc) is 2.88. The minimum Gasteiger partial charge on any atom is -0.345 e. The summed E-state index contributed by atoms with van der Waals surface area (Å²) >= 11 is 0. The van der Waals surface area contributed by atoms with Crippen LogP contribution >= 0.6 is 0 Å². The first-order valence-corrected chi connectivity index (χ1v) is 8.14. The maximum atomic E-state index is 11.8. The van der Waals surface area contributed by atoms with Crippen molar-refractivity contribution in [3.05, 3.63) is 71.3 Å². The maximum absolute atomic E-state index is 11.8. The van der Waals surface area contributed by atoms with Gasteiger partial charge in [-0.25, -0.2) is 0 Å². The minimum absolute atomic E-state index is 0.165. The minimum atomic E-state index is 0.165. The second-order valence-electron chi connectivity index (χ2n) is 6.13. The summed E-state index contributed by atoms with van der Waals surface area (Å²) in [6, 6.07) is 18.5. The molecular formula is C20H26N2O. The zero-order valence-corrected chi connectivity index (χ0v) is 14.0. The molecule has 1 heterocycles. The van der Waals surface area contributed by atoms with Crippen molar-refractivity contribution in [2.24, 2.45) is 11.7 Å². The third kappa shape index (κ3) is 5.22. The van der Waals surface area contributed by atoms with E-state index in [0.717, 1.165) is 24.9 Å². The highest BCUT2D eigenvalue weighted by Gasteiger charge is 2.28. The van der Waals surface area contributed by atoms with Gasteiger partial charge in [0.15, 0.2) is 0 Å². The van der Waals surface area contributed by atoms with E-state index in [2.05, 4.69) is 31.2 Å². The first-order chi connectivity index (χ1) is 11.1. The Labute approximate surface area is 139 Å². The number of rotatable bonds is 3. The van der Waals surface area contributed by atoms with Crippen molar-refractivity contribution in [3.63, 3.8) is 0 Å². The van der Waals surface area contributed by atoms with Crippen molar-refractivity contribution in [2.75, 3.05) is 13.6 Å². The van der Waals surface area contributed by atoms with Crippen molar-refractivity contribution in [1.82, 2.24) is 4.90 Å². The Morgan fingerprint density at radius 3 is 2.30 bits per heavy atom. The zero-order chi connectivity index (χ0) is 16.7. The summed E-state index contributed by atoms with van der Waals surface area (Å²) in [5.74, 6) is 0.441. The Bertz CT molecular complexity index is 625. The number of amides is 1. The molecule has 3 heteroatoms. The summed E-state index contributed by atoms with van der Waals surface area (Å²) in [5.41, 5.74) is 9.28. The van der Waals surface area contributed by atoms with Crippen LogP contribution in [-0.4, -0.2) is 24.4 Å². The van der Waals surface area contributed by atoms with E-state index in [1.807, 2.05) is 42.3 Å². The Kier molecular flexibility index (Phi) is 6.36. The summed E-state index contributed by atoms with van der Waals surface area (Å²) in [6.45, 7) is 3.53. The summed E-state index contributed by atoms with van der Waals surface area (Å²) in [7, 11) is 1.87. The van der Waals surface area contributed by atoms with Crippen molar-refractivity contribution in [2.45, 2.75) is 26.3 Å². The molecule has 1 fully saturated rings. The van der Waals surface area contributed by atoms with E-state index >= 15 is 0 Å². The smallest absolute Gasteiger partial charge is 0.225 e. The van der Waals surface area contributed by atoms with E-state index in [1.54, 1.807) is 0 Å². The molecule has 0 bridgehead atoms. The number of likely N-dealkylation sites (tertiary alicyclic amines) is 1. The highest BCUT2D eigenvalue weighted by atomic mass is 16.2. The molecule has 1 unspecified atom stereocenters. The lowest BCUT2D eigenvalue weighted by molar-refractivity contribution is -0.129. The van der Waals surface area contributed by atoms with Gasteiger partial charge in [0.2, 0.25) is 5.91 Å². The molecule has 1 aliphatic heterocycles. The molecule has 0 radical (unpaired) electrons. The van der Waals surface area contributed by atoms with Gasteiger partial charge in [0.1, 0.15) is 0 Å². The number of aryl methyl sites for hydroxylation is 1. The molecule has 1 aliphatic rings. The van der Waals surface area contributed by atoms with Gasteiger partial charge < -0.3 is 10.6 Å². The second kappa shape index (κ2) is 8.49.